The maximum absolute atomic E-state index is 12.8. The zero-order valence-electron chi connectivity index (χ0n) is 21.8. The van der Waals surface area contributed by atoms with Gasteiger partial charge < -0.3 is 31.7 Å². The predicted molar refractivity (Wildman–Crippen MR) is 134 cm³/mol. The number of primary amides is 1. The number of methoxy groups -OCH3 is 1. The summed E-state index contributed by atoms with van der Waals surface area (Å²) in [5.74, 6) is -0.151. The van der Waals surface area contributed by atoms with Crippen LogP contribution in [-0.2, 0) is 16.0 Å². The van der Waals surface area contributed by atoms with Gasteiger partial charge in [-0.1, -0.05) is 33.8 Å². The van der Waals surface area contributed by atoms with Crippen molar-refractivity contribution < 1.29 is 24.5 Å². The molecular formula is C26H45N3O5. The van der Waals surface area contributed by atoms with Gasteiger partial charge in [-0.05, 0) is 68.6 Å². The van der Waals surface area contributed by atoms with E-state index in [2.05, 4.69) is 19.2 Å². The summed E-state index contributed by atoms with van der Waals surface area (Å²) >= 11 is 0. The quantitative estimate of drug-likeness (QED) is 0.277. The standard InChI is InChI=1S/C26H45N3O5/c1-15(2)18(10-17-8-9-23(34-7)22(31)11-17)12-20(27)21(30)13-19(16(3)4)24(32)29-14-26(5,6)25(28)33/h8-9,11,15-16,18-21,30-31H,10,12-14,27H2,1-7H3,(H2,28,33)(H,29,32)/t18-,19-,20-,21-/m0/s1. The molecule has 194 valence electrons. The number of aliphatic hydroxyl groups excluding tert-OH is 1. The highest BCUT2D eigenvalue weighted by molar-refractivity contribution is 5.83. The van der Waals surface area contributed by atoms with E-state index in [1.807, 2.05) is 19.9 Å². The Morgan fingerprint density at radius 2 is 1.74 bits per heavy atom. The minimum atomic E-state index is -0.855. The Morgan fingerprint density at radius 1 is 1.12 bits per heavy atom. The third kappa shape index (κ3) is 8.80. The fourth-order valence-electron chi connectivity index (χ4n) is 3.91. The molecular weight excluding hydrogens is 434 g/mol. The van der Waals surface area contributed by atoms with Crippen molar-refractivity contribution >= 4 is 11.8 Å². The first-order valence-electron chi connectivity index (χ1n) is 12.1. The van der Waals surface area contributed by atoms with Crippen LogP contribution in [0.5, 0.6) is 11.5 Å². The second-order valence-electron chi connectivity index (χ2n) is 10.7. The summed E-state index contributed by atoms with van der Waals surface area (Å²) in [6.45, 7) is 11.6. The van der Waals surface area contributed by atoms with Gasteiger partial charge in [-0.2, -0.15) is 0 Å². The largest absolute Gasteiger partial charge is 0.504 e. The Kier molecular flexibility index (Phi) is 11.3. The van der Waals surface area contributed by atoms with Crippen molar-refractivity contribution in [2.24, 2.45) is 40.6 Å². The number of phenols is 1. The van der Waals surface area contributed by atoms with Gasteiger partial charge in [0, 0.05) is 18.5 Å². The van der Waals surface area contributed by atoms with Crippen LogP contribution in [0.3, 0.4) is 0 Å². The van der Waals surface area contributed by atoms with E-state index in [4.69, 9.17) is 16.2 Å². The number of hydrogen-bond donors (Lipinski definition) is 5. The fraction of sp³-hybridized carbons (Fsp3) is 0.692. The van der Waals surface area contributed by atoms with E-state index in [1.165, 1.54) is 7.11 Å². The topological polar surface area (TPSA) is 148 Å². The van der Waals surface area contributed by atoms with E-state index in [1.54, 1.807) is 26.0 Å². The molecule has 1 rings (SSSR count). The molecule has 34 heavy (non-hydrogen) atoms. The highest BCUT2D eigenvalue weighted by Crippen LogP contribution is 2.30. The first-order valence-corrected chi connectivity index (χ1v) is 12.1. The monoisotopic (exact) mass is 479 g/mol. The van der Waals surface area contributed by atoms with Crippen molar-refractivity contribution in [3.63, 3.8) is 0 Å². The van der Waals surface area contributed by atoms with Crippen LogP contribution in [-0.4, -0.2) is 47.8 Å². The van der Waals surface area contributed by atoms with Crippen LogP contribution in [0.25, 0.3) is 0 Å². The molecule has 0 fully saturated rings. The number of nitrogens with one attached hydrogen (secondary N) is 1. The van der Waals surface area contributed by atoms with Crippen LogP contribution in [0.2, 0.25) is 0 Å². The molecule has 0 saturated heterocycles. The van der Waals surface area contributed by atoms with E-state index in [0.29, 0.717) is 24.5 Å². The Morgan fingerprint density at radius 3 is 2.21 bits per heavy atom. The van der Waals surface area contributed by atoms with Crippen LogP contribution < -0.4 is 21.5 Å². The summed E-state index contributed by atoms with van der Waals surface area (Å²) in [4.78, 5) is 24.4. The van der Waals surface area contributed by atoms with Gasteiger partial charge in [0.1, 0.15) is 0 Å². The normalized spacial score (nSPS) is 15.6. The lowest BCUT2D eigenvalue weighted by molar-refractivity contribution is -0.130. The predicted octanol–water partition coefficient (Wildman–Crippen LogP) is 2.58. The summed E-state index contributed by atoms with van der Waals surface area (Å²) in [5, 5.41) is 23.8. The lowest BCUT2D eigenvalue weighted by Gasteiger charge is -2.30. The average molecular weight is 480 g/mol. The van der Waals surface area contributed by atoms with Gasteiger partial charge in [0.2, 0.25) is 11.8 Å². The van der Waals surface area contributed by atoms with Crippen LogP contribution in [0.1, 0.15) is 59.9 Å². The Balaban J connectivity index is 2.81. The number of phenolic OH excluding ortho intramolecular Hbond substituents is 1. The van der Waals surface area contributed by atoms with E-state index in [-0.39, 0.29) is 36.5 Å². The molecule has 7 N–H and O–H groups in total. The molecule has 2 amide bonds. The SMILES string of the molecule is COc1ccc(C[C@@H](C[C@H](N)[C@@H](O)C[C@H](C(=O)NCC(C)(C)C(N)=O)C(C)C)C(C)C)cc1O. The zero-order valence-corrected chi connectivity index (χ0v) is 21.8. The number of carbonyl (C=O) groups excluding carboxylic acids is 2. The summed E-state index contributed by atoms with van der Waals surface area (Å²) in [6, 6.07) is 4.85. The molecule has 8 nitrogen and oxygen atoms in total. The lowest BCUT2D eigenvalue weighted by Crippen LogP contribution is -2.46. The average Bonchev–Trinajstić information content (AvgIpc) is 2.74. The smallest absolute Gasteiger partial charge is 0.224 e. The second-order valence-corrected chi connectivity index (χ2v) is 10.7. The number of nitrogens with two attached hydrogens (primary N) is 2. The molecule has 0 spiro atoms. The second kappa shape index (κ2) is 13.0. The summed E-state index contributed by atoms with van der Waals surface area (Å²) in [7, 11) is 1.51. The van der Waals surface area contributed by atoms with Gasteiger partial charge in [0.15, 0.2) is 11.5 Å². The molecule has 0 radical (unpaired) electrons. The van der Waals surface area contributed by atoms with Crippen molar-refractivity contribution in [1.29, 1.82) is 0 Å². The zero-order chi connectivity index (χ0) is 26.2. The lowest BCUT2D eigenvalue weighted by atomic mass is 9.80. The maximum atomic E-state index is 12.8. The highest BCUT2D eigenvalue weighted by Gasteiger charge is 2.32. The number of aromatic hydroxyl groups is 1. The van der Waals surface area contributed by atoms with E-state index in [9.17, 15) is 19.8 Å². The van der Waals surface area contributed by atoms with E-state index in [0.717, 1.165) is 5.56 Å². The molecule has 0 unspecified atom stereocenters. The van der Waals surface area contributed by atoms with Gasteiger partial charge >= 0.3 is 0 Å². The molecule has 0 aliphatic rings. The van der Waals surface area contributed by atoms with Crippen molar-refractivity contribution in [2.45, 2.75) is 73.0 Å². The number of ether oxygens (including phenoxy) is 1. The van der Waals surface area contributed by atoms with Gasteiger partial charge in [-0.15, -0.1) is 0 Å². The number of hydrogen-bond acceptors (Lipinski definition) is 6. The van der Waals surface area contributed by atoms with Crippen LogP contribution in [0.4, 0.5) is 0 Å². The van der Waals surface area contributed by atoms with Crippen LogP contribution in [0, 0.1) is 29.1 Å². The fourth-order valence-corrected chi connectivity index (χ4v) is 3.91. The summed E-state index contributed by atoms with van der Waals surface area (Å²) in [6.07, 6.45) is 0.655. The van der Waals surface area contributed by atoms with Crippen molar-refractivity contribution in [3.8, 4) is 11.5 Å². The Hall–Kier alpha value is -2.32. The summed E-state index contributed by atoms with van der Waals surface area (Å²) in [5.41, 5.74) is 11.9. The van der Waals surface area contributed by atoms with Crippen molar-refractivity contribution in [3.05, 3.63) is 23.8 Å². The number of rotatable bonds is 14. The maximum Gasteiger partial charge on any atom is 0.224 e. The third-order valence-electron chi connectivity index (χ3n) is 6.76. The number of benzene rings is 1. The van der Waals surface area contributed by atoms with E-state index < -0.39 is 29.4 Å². The van der Waals surface area contributed by atoms with Crippen molar-refractivity contribution in [1.82, 2.24) is 5.32 Å². The molecule has 0 aliphatic carbocycles. The van der Waals surface area contributed by atoms with Gasteiger partial charge in [-0.25, -0.2) is 0 Å². The molecule has 8 heteroatoms. The molecule has 0 heterocycles. The molecule has 1 aromatic rings. The molecule has 0 saturated carbocycles. The third-order valence-corrected chi connectivity index (χ3v) is 6.76. The molecule has 0 bridgehead atoms. The molecule has 0 aromatic heterocycles. The Bertz CT molecular complexity index is 810. The number of carbonyl (C=O) groups is 2. The van der Waals surface area contributed by atoms with Gasteiger partial charge in [0.25, 0.3) is 0 Å². The minimum absolute atomic E-state index is 0.0123. The van der Waals surface area contributed by atoms with Crippen LogP contribution >= 0.6 is 0 Å². The molecule has 0 aliphatic heterocycles. The molecule has 1 aromatic carbocycles. The van der Waals surface area contributed by atoms with Crippen LogP contribution in [0.15, 0.2) is 18.2 Å². The van der Waals surface area contributed by atoms with Gasteiger partial charge in [0.05, 0.1) is 18.6 Å². The number of amides is 2. The molecule has 4 atom stereocenters. The van der Waals surface area contributed by atoms with Crippen molar-refractivity contribution in [2.75, 3.05) is 13.7 Å². The first kappa shape index (κ1) is 29.7. The van der Waals surface area contributed by atoms with Gasteiger partial charge in [-0.3, -0.25) is 9.59 Å². The first-order chi connectivity index (χ1) is 15.7. The summed E-state index contributed by atoms with van der Waals surface area (Å²) < 4.78 is 5.11. The highest BCUT2D eigenvalue weighted by atomic mass is 16.5. The number of aliphatic hydroxyl groups is 1. The Labute approximate surface area is 204 Å². The van der Waals surface area contributed by atoms with E-state index >= 15 is 0 Å². The minimum Gasteiger partial charge on any atom is -0.504 e.